The lowest BCUT2D eigenvalue weighted by Crippen LogP contribution is -2.24. The van der Waals surface area contributed by atoms with Crippen LogP contribution < -0.4 is 5.73 Å². The van der Waals surface area contributed by atoms with Gasteiger partial charge in [0.1, 0.15) is 5.82 Å². The van der Waals surface area contributed by atoms with E-state index in [0.717, 1.165) is 12.0 Å². The van der Waals surface area contributed by atoms with E-state index < -0.39 is 0 Å². The van der Waals surface area contributed by atoms with Crippen molar-refractivity contribution >= 4 is 0 Å². The van der Waals surface area contributed by atoms with E-state index in [1.807, 2.05) is 6.07 Å². The second kappa shape index (κ2) is 2.31. The van der Waals surface area contributed by atoms with E-state index >= 15 is 0 Å². The van der Waals surface area contributed by atoms with Gasteiger partial charge in [-0.2, -0.15) is 0 Å². The minimum absolute atomic E-state index is 0.151. The molecule has 1 aliphatic rings. The Hall–Kier alpha value is -0.890. The van der Waals surface area contributed by atoms with Gasteiger partial charge < -0.3 is 5.73 Å². The molecule has 11 heavy (non-hydrogen) atoms. The Bertz CT molecular complexity index is 283. The molecule has 0 spiro atoms. The van der Waals surface area contributed by atoms with Crippen LogP contribution in [0.5, 0.6) is 0 Å². The summed E-state index contributed by atoms with van der Waals surface area (Å²) in [4.78, 5) is 0. The minimum atomic E-state index is -0.151. The van der Waals surface area contributed by atoms with Crippen molar-refractivity contribution in [2.45, 2.75) is 12.3 Å². The molecule has 1 unspecified atom stereocenters. The highest BCUT2D eigenvalue weighted by atomic mass is 19.1. The van der Waals surface area contributed by atoms with Crippen molar-refractivity contribution in [3.05, 3.63) is 35.1 Å². The second-order valence-corrected chi connectivity index (χ2v) is 2.98. The smallest absolute Gasteiger partial charge is 0.123 e. The highest BCUT2D eigenvalue weighted by Crippen LogP contribution is 2.34. The van der Waals surface area contributed by atoms with Crippen molar-refractivity contribution in [1.82, 2.24) is 0 Å². The zero-order valence-electron chi connectivity index (χ0n) is 6.18. The zero-order valence-corrected chi connectivity index (χ0v) is 6.18. The third kappa shape index (κ3) is 0.942. The summed E-state index contributed by atoms with van der Waals surface area (Å²) in [6, 6.07) is 4.94. The van der Waals surface area contributed by atoms with Crippen LogP contribution in [0, 0.1) is 5.82 Å². The maximum Gasteiger partial charge on any atom is 0.123 e. The molecule has 0 saturated carbocycles. The lowest BCUT2D eigenvalue weighted by atomic mass is 9.78. The SMILES string of the molecule is NCC1Cc2ccc(F)cc21. The van der Waals surface area contributed by atoms with Crippen molar-refractivity contribution < 1.29 is 4.39 Å². The Morgan fingerprint density at radius 1 is 1.55 bits per heavy atom. The first-order valence-electron chi connectivity index (χ1n) is 3.79. The number of benzene rings is 1. The van der Waals surface area contributed by atoms with Crippen LogP contribution in [-0.2, 0) is 6.42 Å². The van der Waals surface area contributed by atoms with Gasteiger partial charge in [0.25, 0.3) is 0 Å². The molecule has 0 aliphatic heterocycles. The average Bonchev–Trinajstić information content (AvgIpc) is 1.97. The van der Waals surface area contributed by atoms with Gasteiger partial charge in [0.05, 0.1) is 0 Å². The van der Waals surface area contributed by atoms with E-state index in [2.05, 4.69) is 0 Å². The molecule has 2 rings (SSSR count). The number of nitrogens with two attached hydrogens (primary N) is 1. The van der Waals surface area contributed by atoms with Crippen molar-refractivity contribution in [3.8, 4) is 0 Å². The Morgan fingerprint density at radius 2 is 2.36 bits per heavy atom. The van der Waals surface area contributed by atoms with Gasteiger partial charge in [-0.15, -0.1) is 0 Å². The van der Waals surface area contributed by atoms with Gasteiger partial charge in [0.15, 0.2) is 0 Å². The summed E-state index contributed by atoms with van der Waals surface area (Å²) in [5.74, 6) is 0.252. The van der Waals surface area contributed by atoms with Gasteiger partial charge in [0, 0.05) is 5.92 Å². The normalized spacial score (nSPS) is 20.7. The van der Waals surface area contributed by atoms with E-state index in [1.165, 1.54) is 11.6 Å². The highest BCUT2D eigenvalue weighted by Gasteiger charge is 2.24. The highest BCUT2D eigenvalue weighted by molar-refractivity contribution is 5.40. The van der Waals surface area contributed by atoms with Crippen LogP contribution in [0.25, 0.3) is 0 Å². The summed E-state index contributed by atoms with van der Waals surface area (Å²) < 4.78 is 12.7. The molecule has 0 amide bonds. The first-order chi connectivity index (χ1) is 5.31. The van der Waals surface area contributed by atoms with E-state index in [4.69, 9.17) is 5.73 Å². The molecule has 1 aromatic carbocycles. The van der Waals surface area contributed by atoms with Gasteiger partial charge >= 0.3 is 0 Å². The van der Waals surface area contributed by atoms with Crippen molar-refractivity contribution in [2.24, 2.45) is 5.73 Å². The number of hydrogen-bond acceptors (Lipinski definition) is 1. The number of rotatable bonds is 1. The summed E-state index contributed by atoms with van der Waals surface area (Å²) in [5, 5.41) is 0. The van der Waals surface area contributed by atoms with Crippen LogP contribution in [0.1, 0.15) is 17.0 Å². The molecule has 0 bridgehead atoms. The van der Waals surface area contributed by atoms with Crippen LogP contribution in [0.15, 0.2) is 18.2 Å². The maximum atomic E-state index is 12.7. The molecular formula is C9H10FN. The zero-order chi connectivity index (χ0) is 7.84. The summed E-state index contributed by atoms with van der Waals surface area (Å²) >= 11 is 0. The summed E-state index contributed by atoms with van der Waals surface area (Å²) in [6.45, 7) is 0.635. The van der Waals surface area contributed by atoms with Crippen LogP contribution >= 0.6 is 0 Å². The molecule has 58 valence electrons. The predicted molar refractivity (Wildman–Crippen MR) is 41.9 cm³/mol. The Labute approximate surface area is 65.0 Å². The molecule has 1 atom stereocenters. The Morgan fingerprint density at radius 3 is 3.09 bits per heavy atom. The van der Waals surface area contributed by atoms with Gasteiger partial charge in [-0.25, -0.2) is 4.39 Å². The number of fused-ring (bicyclic) bond motifs is 1. The summed E-state index contributed by atoms with van der Waals surface area (Å²) in [6.07, 6.45) is 1.02. The van der Waals surface area contributed by atoms with Crippen LogP contribution in [0.2, 0.25) is 0 Å². The molecule has 2 N–H and O–H groups in total. The molecule has 0 radical (unpaired) electrons. The second-order valence-electron chi connectivity index (χ2n) is 2.98. The first-order valence-corrected chi connectivity index (χ1v) is 3.79. The fourth-order valence-corrected chi connectivity index (χ4v) is 1.59. The summed E-state index contributed by atoms with van der Waals surface area (Å²) in [7, 11) is 0. The van der Waals surface area contributed by atoms with Crippen LogP contribution in [-0.4, -0.2) is 6.54 Å². The molecule has 0 fully saturated rings. The Balaban J connectivity index is 2.37. The third-order valence-corrected chi connectivity index (χ3v) is 2.30. The fraction of sp³-hybridized carbons (Fsp3) is 0.333. The van der Waals surface area contributed by atoms with Crippen molar-refractivity contribution in [1.29, 1.82) is 0 Å². The van der Waals surface area contributed by atoms with Crippen LogP contribution in [0.3, 0.4) is 0 Å². The van der Waals surface area contributed by atoms with E-state index in [-0.39, 0.29) is 5.82 Å². The quantitative estimate of drug-likeness (QED) is 0.645. The molecule has 1 aromatic rings. The number of halogens is 1. The molecule has 2 heteroatoms. The van der Waals surface area contributed by atoms with Gasteiger partial charge in [-0.3, -0.25) is 0 Å². The molecule has 1 aliphatic carbocycles. The fourth-order valence-electron chi connectivity index (χ4n) is 1.59. The van der Waals surface area contributed by atoms with E-state index in [9.17, 15) is 4.39 Å². The lowest BCUT2D eigenvalue weighted by Gasteiger charge is -2.28. The Kier molecular flexibility index (Phi) is 1.43. The maximum absolute atomic E-state index is 12.7. The largest absolute Gasteiger partial charge is 0.330 e. The molecule has 0 heterocycles. The van der Waals surface area contributed by atoms with Crippen LogP contribution in [0.4, 0.5) is 4.39 Å². The molecule has 1 nitrogen and oxygen atoms in total. The standard InChI is InChI=1S/C9H10FN/c10-8-2-1-6-3-7(5-11)9(6)4-8/h1-2,4,7H,3,5,11H2. The van der Waals surface area contributed by atoms with Gasteiger partial charge in [0.2, 0.25) is 0 Å². The minimum Gasteiger partial charge on any atom is -0.330 e. The van der Waals surface area contributed by atoms with E-state index in [1.54, 1.807) is 6.07 Å². The van der Waals surface area contributed by atoms with Gasteiger partial charge in [-0.05, 0) is 36.2 Å². The van der Waals surface area contributed by atoms with Crippen molar-refractivity contribution in [2.75, 3.05) is 6.54 Å². The molecular weight excluding hydrogens is 141 g/mol. The predicted octanol–water partition coefficient (Wildman–Crippen LogP) is 1.42. The van der Waals surface area contributed by atoms with Crippen molar-refractivity contribution in [3.63, 3.8) is 0 Å². The molecule has 0 saturated heterocycles. The topological polar surface area (TPSA) is 26.0 Å². The van der Waals surface area contributed by atoms with Gasteiger partial charge in [-0.1, -0.05) is 6.07 Å². The third-order valence-electron chi connectivity index (χ3n) is 2.30. The lowest BCUT2D eigenvalue weighted by molar-refractivity contribution is 0.583. The summed E-state index contributed by atoms with van der Waals surface area (Å²) in [5.41, 5.74) is 7.83. The number of hydrogen-bond donors (Lipinski definition) is 1. The molecule has 0 aromatic heterocycles. The average molecular weight is 151 g/mol. The monoisotopic (exact) mass is 151 g/mol. The first kappa shape index (κ1) is 6.80. The van der Waals surface area contributed by atoms with E-state index in [0.29, 0.717) is 12.5 Å².